The van der Waals surface area contributed by atoms with Crippen LogP contribution in [0.5, 0.6) is 0 Å². The Bertz CT molecular complexity index is 415. The van der Waals surface area contributed by atoms with E-state index >= 15 is 0 Å². The maximum Gasteiger partial charge on any atom is 2.00 e. The Morgan fingerprint density at radius 2 is 2.00 bits per heavy atom. The van der Waals surface area contributed by atoms with Crippen molar-refractivity contribution in [2.75, 3.05) is 0 Å². The molecule has 0 aromatic heterocycles. The molecule has 0 aliphatic carbocycles. The fourth-order valence-electron chi connectivity index (χ4n) is 3.00. The van der Waals surface area contributed by atoms with Crippen LogP contribution < -0.4 is 0 Å². The zero-order valence-electron chi connectivity index (χ0n) is 14.4. The fraction of sp³-hybridized carbons (Fsp3) is 0.625. The first-order valence-electron chi connectivity index (χ1n) is 7.49. The van der Waals surface area contributed by atoms with Gasteiger partial charge in [0.2, 0.25) is 0 Å². The molecule has 20 heavy (non-hydrogen) atoms. The van der Waals surface area contributed by atoms with E-state index in [1.807, 2.05) is 6.07 Å². The third kappa shape index (κ3) is 5.43. The van der Waals surface area contributed by atoms with E-state index in [1.54, 1.807) is 6.07 Å². The maximum atomic E-state index is 13.6. The largest absolute Gasteiger partial charge is 2.00 e. The molecule has 0 spiro atoms. The molecule has 1 aromatic rings. The van der Waals surface area contributed by atoms with E-state index in [2.05, 4.69) is 28.9 Å². The molecule has 109 valence electrons. The normalized spacial score (nSPS) is 16.9. The minimum absolute atomic E-state index is 0. The van der Waals surface area contributed by atoms with Gasteiger partial charge < -0.3 is 2.85 Å². The van der Waals surface area contributed by atoms with Crippen LogP contribution in [0.2, 0.25) is 18.1 Å². The van der Waals surface area contributed by atoms with E-state index in [9.17, 15) is 4.39 Å². The molecule has 1 saturated heterocycles. The van der Waals surface area contributed by atoms with Gasteiger partial charge in [0.15, 0.2) is 0 Å². The molecule has 0 bridgehead atoms. The molecule has 1 aromatic carbocycles. The molecule has 0 amide bonds. The Morgan fingerprint density at radius 1 is 1.30 bits per heavy atom. The van der Waals surface area contributed by atoms with Crippen molar-refractivity contribution in [1.29, 1.82) is 0 Å². The number of halogens is 2. The third-order valence-corrected chi connectivity index (χ3v) is 7.94. The molecule has 0 nitrogen and oxygen atoms in total. The van der Waals surface area contributed by atoms with Gasteiger partial charge in [-0.15, -0.1) is 0 Å². The zero-order valence-corrected chi connectivity index (χ0v) is 16.4. The number of hydrogen-bond donors (Lipinski definition) is 0. The van der Waals surface area contributed by atoms with Crippen molar-refractivity contribution in [3.8, 4) is 0 Å². The summed E-state index contributed by atoms with van der Waals surface area (Å²) in [6, 6.07) is 10.0. The predicted molar refractivity (Wildman–Crippen MR) is 93.8 cm³/mol. The summed E-state index contributed by atoms with van der Waals surface area (Å²) in [6.07, 6.45) is 6.72. The SMILES string of the molecule is CCCCC[Si]1CCC(c2ccc(Br)c(F)c2)CC1.[H-].[H-].[Mg+2]. The van der Waals surface area contributed by atoms with Crippen molar-refractivity contribution in [3.05, 3.63) is 34.1 Å². The number of hydrogen-bond acceptors (Lipinski definition) is 0. The Hall–Kier alpha value is 0.613. The van der Waals surface area contributed by atoms with Crippen molar-refractivity contribution in [1.82, 2.24) is 0 Å². The first kappa shape index (κ1) is 18.7. The summed E-state index contributed by atoms with van der Waals surface area (Å²) in [5, 5.41) is 0. The van der Waals surface area contributed by atoms with E-state index < -0.39 is 0 Å². The molecule has 1 heterocycles. The van der Waals surface area contributed by atoms with Gasteiger partial charge in [0, 0.05) is 8.80 Å². The summed E-state index contributed by atoms with van der Waals surface area (Å²) in [7, 11) is -0.0811. The second-order valence-electron chi connectivity index (χ2n) is 5.65. The first-order valence-corrected chi connectivity index (χ1v) is 10.4. The zero-order chi connectivity index (χ0) is 13.7. The van der Waals surface area contributed by atoms with Gasteiger partial charge >= 0.3 is 23.1 Å². The van der Waals surface area contributed by atoms with Gasteiger partial charge in [-0.05, 0) is 52.4 Å². The number of unbranched alkanes of at least 4 members (excludes halogenated alkanes) is 2. The van der Waals surface area contributed by atoms with Gasteiger partial charge in [0.25, 0.3) is 0 Å². The quantitative estimate of drug-likeness (QED) is 0.442. The van der Waals surface area contributed by atoms with Gasteiger partial charge in [-0.3, -0.25) is 0 Å². The third-order valence-electron chi connectivity index (χ3n) is 4.24. The Kier molecular flexibility index (Phi) is 8.95. The molecule has 0 atom stereocenters. The van der Waals surface area contributed by atoms with E-state index in [0.717, 1.165) is 0 Å². The smallest absolute Gasteiger partial charge is 1.00 e. The minimum atomic E-state index is -0.114. The number of rotatable bonds is 5. The molecule has 1 aliphatic heterocycles. The Morgan fingerprint density at radius 3 is 2.60 bits per heavy atom. The summed E-state index contributed by atoms with van der Waals surface area (Å²) in [5.74, 6) is 0.485. The standard InChI is InChI=1S/C16H23BrFSi.Mg.2H/c1-2-3-4-9-19-10-7-13(8-11-19)14-5-6-15(17)16(18)12-14;;;/h5-6,12-13H,2-4,7-11H2,1H3;;;/q;+2;2*-1. The van der Waals surface area contributed by atoms with Crippen LogP contribution in [-0.2, 0) is 0 Å². The van der Waals surface area contributed by atoms with Crippen molar-refractivity contribution >= 4 is 47.8 Å². The predicted octanol–water partition coefficient (Wildman–Crippen LogP) is 5.99. The van der Waals surface area contributed by atoms with Crippen LogP contribution in [0.4, 0.5) is 4.39 Å². The summed E-state index contributed by atoms with van der Waals surface area (Å²) in [6.45, 7) is 2.27. The van der Waals surface area contributed by atoms with Crippen LogP contribution >= 0.6 is 15.9 Å². The van der Waals surface area contributed by atoms with Gasteiger partial charge in [0.05, 0.1) is 4.47 Å². The molecule has 0 unspecified atom stereocenters. The average Bonchev–Trinajstić information content (AvgIpc) is 2.43. The van der Waals surface area contributed by atoms with Crippen LogP contribution in [0.25, 0.3) is 0 Å². The van der Waals surface area contributed by atoms with Crippen LogP contribution in [0, 0.1) is 5.82 Å². The molecule has 1 aliphatic rings. The van der Waals surface area contributed by atoms with E-state index in [0.29, 0.717) is 10.4 Å². The maximum absolute atomic E-state index is 13.6. The molecule has 0 saturated carbocycles. The first-order chi connectivity index (χ1) is 9.20. The molecule has 4 heteroatoms. The molecule has 1 radical (unpaired) electrons. The molecule has 0 N–H and O–H groups in total. The molecular formula is C16H25BrFMgSi. The van der Waals surface area contributed by atoms with Gasteiger partial charge in [0.1, 0.15) is 5.82 Å². The topological polar surface area (TPSA) is 0 Å². The fourth-order valence-corrected chi connectivity index (χ4v) is 6.26. The summed E-state index contributed by atoms with van der Waals surface area (Å²) in [5.41, 5.74) is 1.20. The van der Waals surface area contributed by atoms with E-state index in [1.165, 1.54) is 55.8 Å². The van der Waals surface area contributed by atoms with Gasteiger partial charge in [-0.2, -0.15) is 0 Å². The van der Waals surface area contributed by atoms with Crippen molar-refractivity contribution in [2.45, 2.75) is 63.1 Å². The van der Waals surface area contributed by atoms with E-state index in [4.69, 9.17) is 0 Å². The molecule has 2 rings (SSSR count). The minimum Gasteiger partial charge on any atom is -1.00 e. The van der Waals surface area contributed by atoms with Crippen molar-refractivity contribution < 1.29 is 7.24 Å². The summed E-state index contributed by atoms with van der Waals surface area (Å²) >= 11 is 3.23. The average molecular weight is 369 g/mol. The second-order valence-corrected chi connectivity index (χ2v) is 9.51. The summed E-state index contributed by atoms with van der Waals surface area (Å²) < 4.78 is 14.2. The monoisotopic (exact) mass is 367 g/mol. The molecule has 1 fully saturated rings. The van der Waals surface area contributed by atoms with Crippen LogP contribution in [0.3, 0.4) is 0 Å². The second kappa shape index (κ2) is 9.59. The van der Waals surface area contributed by atoms with Crippen LogP contribution in [0.1, 0.15) is 53.4 Å². The van der Waals surface area contributed by atoms with Crippen molar-refractivity contribution in [2.24, 2.45) is 0 Å². The van der Waals surface area contributed by atoms with Gasteiger partial charge in [-0.25, -0.2) is 4.39 Å². The Labute approximate surface area is 151 Å². The molecular weight excluding hydrogens is 343 g/mol. The number of benzene rings is 1. The summed E-state index contributed by atoms with van der Waals surface area (Å²) in [4.78, 5) is 0. The van der Waals surface area contributed by atoms with Crippen LogP contribution in [0.15, 0.2) is 22.7 Å². The van der Waals surface area contributed by atoms with Gasteiger partial charge in [-0.1, -0.05) is 50.4 Å². The van der Waals surface area contributed by atoms with Crippen molar-refractivity contribution in [3.63, 3.8) is 0 Å². The van der Waals surface area contributed by atoms with E-state index in [-0.39, 0.29) is 40.5 Å². The van der Waals surface area contributed by atoms with Crippen LogP contribution in [-0.4, -0.2) is 31.8 Å². The Balaban J connectivity index is 0.